The summed E-state index contributed by atoms with van der Waals surface area (Å²) in [7, 11) is -2.35. The molecule has 5 nitrogen and oxygen atoms in total. The molecule has 0 aliphatic rings. The third-order valence-corrected chi connectivity index (χ3v) is 6.13. The first-order chi connectivity index (χ1) is 11.9. The van der Waals surface area contributed by atoms with E-state index in [0.29, 0.717) is 23.4 Å². The fourth-order valence-corrected chi connectivity index (χ4v) is 4.69. The van der Waals surface area contributed by atoms with Gasteiger partial charge in [0.2, 0.25) is 4.80 Å². The van der Waals surface area contributed by atoms with Gasteiger partial charge in [-0.1, -0.05) is 35.1 Å². The molecule has 3 rings (SSSR count). The number of hydrogen-bond acceptors (Lipinski definition) is 4. The zero-order valence-electron chi connectivity index (χ0n) is 13.8. The lowest BCUT2D eigenvalue weighted by Crippen LogP contribution is -2.20. The molecular formula is C17H17FN2O3S2. The molecule has 0 saturated carbocycles. The second kappa shape index (κ2) is 7.07. The molecule has 0 spiro atoms. The molecule has 0 bridgehead atoms. The summed E-state index contributed by atoms with van der Waals surface area (Å²) in [5.74, 6) is -0.418. The van der Waals surface area contributed by atoms with Crippen LogP contribution in [0, 0.1) is 12.7 Å². The Hall–Kier alpha value is -2.03. The molecule has 3 aromatic rings. The Morgan fingerprint density at radius 3 is 2.60 bits per heavy atom. The summed E-state index contributed by atoms with van der Waals surface area (Å²) in [6.45, 7) is 2.50. The molecule has 0 fully saturated rings. The Morgan fingerprint density at radius 1 is 1.20 bits per heavy atom. The van der Waals surface area contributed by atoms with Crippen LogP contribution in [0.3, 0.4) is 0 Å². The first kappa shape index (κ1) is 17.8. The lowest BCUT2D eigenvalue weighted by molar-refractivity contribution is 0.187. The normalized spacial score (nSPS) is 12.8. The third kappa shape index (κ3) is 3.65. The minimum absolute atomic E-state index is 0.106. The Labute approximate surface area is 149 Å². The molecule has 25 heavy (non-hydrogen) atoms. The van der Waals surface area contributed by atoms with Crippen molar-refractivity contribution < 1.29 is 17.5 Å². The number of hydrogen-bond donors (Lipinski definition) is 0. The van der Waals surface area contributed by atoms with Crippen LogP contribution in [0.5, 0.6) is 0 Å². The molecular weight excluding hydrogens is 363 g/mol. The average molecular weight is 380 g/mol. The monoisotopic (exact) mass is 380 g/mol. The van der Waals surface area contributed by atoms with Gasteiger partial charge in [0.15, 0.2) is 0 Å². The number of thiazole rings is 1. The smallest absolute Gasteiger partial charge is 0.285 e. The quantitative estimate of drug-likeness (QED) is 0.683. The van der Waals surface area contributed by atoms with Crippen LogP contribution in [0.1, 0.15) is 5.56 Å². The highest BCUT2D eigenvalue weighted by Gasteiger charge is 2.16. The predicted molar refractivity (Wildman–Crippen MR) is 95.6 cm³/mol. The van der Waals surface area contributed by atoms with Crippen LogP contribution >= 0.6 is 11.3 Å². The summed E-state index contributed by atoms with van der Waals surface area (Å²) in [6.07, 6.45) is 0. The summed E-state index contributed by atoms with van der Waals surface area (Å²) in [4.78, 5) is 0.326. The first-order valence-corrected chi connectivity index (χ1v) is 9.82. The number of sulfonamides is 1. The van der Waals surface area contributed by atoms with Gasteiger partial charge in [-0.2, -0.15) is 8.42 Å². The van der Waals surface area contributed by atoms with Gasteiger partial charge in [0.25, 0.3) is 10.0 Å². The van der Waals surface area contributed by atoms with Crippen LogP contribution in [0.4, 0.5) is 4.39 Å². The van der Waals surface area contributed by atoms with E-state index in [1.165, 1.54) is 25.3 Å². The molecule has 0 amide bonds. The van der Waals surface area contributed by atoms with Gasteiger partial charge in [-0.25, -0.2) is 4.39 Å². The maximum Gasteiger partial charge on any atom is 0.285 e. The van der Waals surface area contributed by atoms with Crippen LogP contribution in [-0.2, 0) is 21.3 Å². The summed E-state index contributed by atoms with van der Waals surface area (Å²) < 4.78 is 50.6. The van der Waals surface area contributed by atoms with E-state index in [-0.39, 0.29) is 9.70 Å². The molecule has 132 valence electrons. The van der Waals surface area contributed by atoms with Gasteiger partial charge in [-0.15, -0.1) is 4.40 Å². The van der Waals surface area contributed by atoms with E-state index >= 15 is 0 Å². The summed E-state index contributed by atoms with van der Waals surface area (Å²) >= 11 is 1.13. The fourth-order valence-electron chi connectivity index (χ4n) is 2.41. The van der Waals surface area contributed by atoms with Crippen molar-refractivity contribution in [3.8, 4) is 0 Å². The van der Waals surface area contributed by atoms with Crippen LogP contribution < -0.4 is 4.80 Å². The van der Waals surface area contributed by atoms with Crippen LogP contribution in [0.2, 0.25) is 0 Å². The minimum atomic E-state index is -3.89. The number of aryl methyl sites for hydroxylation is 1. The standard InChI is InChI=1S/C17H17FN2O3S2/c1-12-6-8-13(9-7-12)25(21,22)19-17-20(10-11-23-2)16-14(18)4-3-5-15(16)24-17/h3-9H,10-11H2,1-2H3/b19-17-. The van der Waals surface area contributed by atoms with Crippen LogP contribution in [-0.4, -0.2) is 26.7 Å². The molecule has 0 aliphatic carbocycles. The van der Waals surface area contributed by atoms with Gasteiger partial charge in [-0.3, -0.25) is 0 Å². The number of fused-ring (bicyclic) bond motifs is 1. The highest BCUT2D eigenvalue weighted by Crippen LogP contribution is 2.21. The van der Waals surface area contributed by atoms with Crippen molar-refractivity contribution in [2.75, 3.05) is 13.7 Å². The van der Waals surface area contributed by atoms with Gasteiger partial charge in [0.1, 0.15) is 5.82 Å². The maximum atomic E-state index is 14.2. The van der Waals surface area contributed by atoms with E-state index < -0.39 is 15.8 Å². The Morgan fingerprint density at radius 2 is 1.92 bits per heavy atom. The molecule has 0 aliphatic heterocycles. The molecule has 1 heterocycles. The number of benzene rings is 2. The van der Waals surface area contributed by atoms with Crippen molar-refractivity contribution in [1.82, 2.24) is 4.57 Å². The predicted octanol–water partition coefficient (Wildman–Crippen LogP) is 3.09. The van der Waals surface area contributed by atoms with Crippen molar-refractivity contribution in [3.05, 3.63) is 58.6 Å². The number of nitrogens with zero attached hydrogens (tertiary/aromatic N) is 2. The van der Waals surface area contributed by atoms with E-state index in [1.807, 2.05) is 6.92 Å². The third-order valence-electron chi connectivity index (χ3n) is 3.69. The van der Waals surface area contributed by atoms with Gasteiger partial charge < -0.3 is 9.30 Å². The molecule has 1 aromatic heterocycles. The van der Waals surface area contributed by atoms with E-state index in [2.05, 4.69) is 4.40 Å². The Bertz CT molecular complexity index is 1070. The van der Waals surface area contributed by atoms with Gasteiger partial charge in [0.05, 0.1) is 21.7 Å². The number of para-hydroxylation sites is 1. The summed E-state index contributed by atoms with van der Waals surface area (Å²) in [6, 6.07) is 11.1. The van der Waals surface area contributed by atoms with Crippen molar-refractivity contribution in [2.45, 2.75) is 18.4 Å². The largest absolute Gasteiger partial charge is 0.383 e. The Balaban J connectivity index is 2.21. The van der Waals surface area contributed by atoms with E-state index in [9.17, 15) is 12.8 Å². The number of rotatable bonds is 5. The summed E-state index contributed by atoms with van der Waals surface area (Å²) in [5, 5.41) is 0. The van der Waals surface area contributed by atoms with Crippen molar-refractivity contribution in [3.63, 3.8) is 0 Å². The number of aromatic nitrogens is 1. The molecule has 2 aromatic carbocycles. The lowest BCUT2D eigenvalue weighted by atomic mass is 10.2. The first-order valence-electron chi connectivity index (χ1n) is 7.57. The zero-order chi connectivity index (χ0) is 18.0. The maximum absolute atomic E-state index is 14.2. The average Bonchev–Trinajstić information content (AvgIpc) is 2.91. The molecule has 0 saturated heterocycles. The summed E-state index contributed by atoms with van der Waals surface area (Å²) in [5.41, 5.74) is 1.29. The minimum Gasteiger partial charge on any atom is -0.383 e. The molecule has 0 atom stereocenters. The van der Waals surface area contributed by atoms with Gasteiger partial charge in [-0.05, 0) is 31.2 Å². The number of ether oxygens (including phenoxy) is 1. The van der Waals surface area contributed by atoms with Crippen LogP contribution in [0.25, 0.3) is 10.2 Å². The highest BCUT2D eigenvalue weighted by atomic mass is 32.2. The van der Waals surface area contributed by atoms with Gasteiger partial charge in [0, 0.05) is 13.7 Å². The molecule has 0 unspecified atom stereocenters. The van der Waals surface area contributed by atoms with E-state index in [4.69, 9.17) is 4.74 Å². The number of methoxy groups -OCH3 is 1. The SMILES string of the molecule is COCCn1/c(=N/S(=O)(=O)c2ccc(C)cc2)sc2cccc(F)c21. The second-order valence-corrected chi connectivity index (χ2v) is 8.11. The van der Waals surface area contributed by atoms with Crippen LogP contribution in [0.15, 0.2) is 51.8 Å². The fraction of sp³-hybridized carbons (Fsp3) is 0.235. The van der Waals surface area contributed by atoms with Gasteiger partial charge >= 0.3 is 0 Å². The Kier molecular flexibility index (Phi) is 5.03. The zero-order valence-corrected chi connectivity index (χ0v) is 15.4. The number of halogens is 1. The highest BCUT2D eigenvalue weighted by molar-refractivity contribution is 7.90. The van der Waals surface area contributed by atoms with E-state index in [0.717, 1.165) is 16.9 Å². The van der Waals surface area contributed by atoms with E-state index in [1.54, 1.807) is 28.8 Å². The molecule has 0 radical (unpaired) electrons. The molecule has 0 N–H and O–H groups in total. The second-order valence-electron chi connectivity index (χ2n) is 5.50. The lowest BCUT2D eigenvalue weighted by Gasteiger charge is -2.05. The van der Waals surface area contributed by atoms with Crippen molar-refractivity contribution in [1.29, 1.82) is 0 Å². The van der Waals surface area contributed by atoms with Crippen molar-refractivity contribution in [2.24, 2.45) is 4.40 Å². The molecule has 8 heteroatoms. The van der Waals surface area contributed by atoms with Crippen molar-refractivity contribution >= 4 is 31.6 Å². The topological polar surface area (TPSA) is 60.7 Å².